The van der Waals surface area contributed by atoms with E-state index < -0.39 is 0 Å². The van der Waals surface area contributed by atoms with Gasteiger partial charge in [0.15, 0.2) is 0 Å². The summed E-state index contributed by atoms with van der Waals surface area (Å²) in [7, 11) is 0. The van der Waals surface area contributed by atoms with Crippen molar-refractivity contribution >= 4 is 0 Å². The van der Waals surface area contributed by atoms with Crippen LogP contribution < -0.4 is 5.32 Å². The van der Waals surface area contributed by atoms with Crippen LogP contribution in [-0.2, 0) is 6.42 Å². The molecular weight excluding hydrogens is 234 g/mol. The summed E-state index contributed by atoms with van der Waals surface area (Å²) in [5.41, 5.74) is 0.415. The minimum absolute atomic E-state index is 0.403. The number of nitrogens with one attached hydrogen (secondary N) is 1. The van der Waals surface area contributed by atoms with Crippen molar-refractivity contribution in [3.05, 3.63) is 23.7 Å². The standard InChI is InChI=1S/C17H29NO/c1-4-13-18-16(15-10-9-14(5-2)19-15)17(6-3)11-7-8-12-17/h9-10,16,18H,4-8,11-13H2,1-3H3. The van der Waals surface area contributed by atoms with Crippen LogP contribution in [0.3, 0.4) is 0 Å². The zero-order valence-electron chi connectivity index (χ0n) is 12.8. The smallest absolute Gasteiger partial charge is 0.121 e. The summed E-state index contributed by atoms with van der Waals surface area (Å²) in [5.74, 6) is 2.27. The lowest BCUT2D eigenvalue weighted by Gasteiger charge is -2.36. The molecule has 1 atom stereocenters. The lowest BCUT2D eigenvalue weighted by molar-refractivity contribution is 0.164. The third-order valence-corrected chi connectivity index (χ3v) is 4.83. The van der Waals surface area contributed by atoms with Crippen LogP contribution in [-0.4, -0.2) is 6.54 Å². The van der Waals surface area contributed by atoms with Gasteiger partial charge in [-0.15, -0.1) is 0 Å². The van der Waals surface area contributed by atoms with Crippen molar-refractivity contribution in [3.8, 4) is 0 Å². The highest BCUT2D eigenvalue weighted by Gasteiger charge is 2.41. The first kappa shape index (κ1) is 14.6. The number of aryl methyl sites for hydroxylation is 1. The monoisotopic (exact) mass is 263 g/mol. The highest BCUT2D eigenvalue weighted by atomic mass is 16.3. The van der Waals surface area contributed by atoms with Gasteiger partial charge in [0.2, 0.25) is 0 Å². The van der Waals surface area contributed by atoms with Crippen molar-refractivity contribution in [3.63, 3.8) is 0 Å². The molecule has 0 bridgehead atoms. The maximum atomic E-state index is 6.07. The molecule has 108 valence electrons. The van der Waals surface area contributed by atoms with Crippen molar-refractivity contribution in [2.75, 3.05) is 6.54 Å². The van der Waals surface area contributed by atoms with E-state index in [-0.39, 0.29) is 0 Å². The predicted molar refractivity (Wildman–Crippen MR) is 80.3 cm³/mol. The summed E-state index contributed by atoms with van der Waals surface area (Å²) >= 11 is 0. The summed E-state index contributed by atoms with van der Waals surface area (Å²) in [6.45, 7) is 7.81. The minimum Gasteiger partial charge on any atom is -0.464 e. The van der Waals surface area contributed by atoms with E-state index in [1.807, 2.05) is 0 Å². The maximum absolute atomic E-state index is 6.07. The molecular formula is C17H29NO. The Hall–Kier alpha value is -0.760. The highest BCUT2D eigenvalue weighted by Crippen LogP contribution is 2.50. The number of rotatable bonds is 7. The number of furan rings is 1. The van der Waals surface area contributed by atoms with Crippen LogP contribution >= 0.6 is 0 Å². The second-order valence-electron chi connectivity index (χ2n) is 5.97. The van der Waals surface area contributed by atoms with Crippen LogP contribution in [0.5, 0.6) is 0 Å². The largest absolute Gasteiger partial charge is 0.464 e. The van der Waals surface area contributed by atoms with Gasteiger partial charge < -0.3 is 9.73 Å². The summed E-state index contributed by atoms with van der Waals surface area (Å²) in [5, 5.41) is 3.76. The fourth-order valence-corrected chi connectivity index (χ4v) is 3.57. The quantitative estimate of drug-likeness (QED) is 0.760. The molecule has 2 nitrogen and oxygen atoms in total. The van der Waals surface area contributed by atoms with Gasteiger partial charge in [0.25, 0.3) is 0 Å². The zero-order chi connectivity index (χ0) is 13.7. The molecule has 0 spiro atoms. The minimum atomic E-state index is 0.403. The second kappa shape index (κ2) is 6.60. The molecule has 1 heterocycles. The molecule has 1 aliphatic rings. The lowest BCUT2D eigenvalue weighted by atomic mass is 9.75. The molecule has 19 heavy (non-hydrogen) atoms. The normalized spacial score (nSPS) is 19.7. The first-order valence-corrected chi connectivity index (χ1v) is 8.07. The molecule has 2 heteroatoms. The van der Waals surface area contributed by atoms with Crippen LogP contribution in [0.15, 0.2) is 16.5 Å². The second-order valence-corrected chi connectivity index (χ2v) is 5.97. The van der Waals surface area contributed by atoms with E-state index in [1.54, 1.807) is 0 Å². The molecule has 1 unspecified atom stereocenters. The molecule has 0 aromatic carbocycles. The number of hydrogen-bond donors (Lipinski definition) is 1. The lowest BCUT2D eigenvalue weighted by Crippen LogP contribution is -2.36. The predicted octanol–water partition coefficient (Wildman–Crippen LogP) is 4.85. The molecule has 1 aromatic heterocycles. The average Bonchev–Trinajstić information content (AvgIpc) is 3.08. The van der Waals surface area contributed by atoms with Gasteiger partial charge in [-0.25, -0.2) is 0 Å². The highest BCUT2D eigenvalue weighted by molar-refractivity contribution is 5.15. The van der Waals surface area contributed by atoms with Crippen molar-refractivity contribution in [1.29, 1.82) is 0 Å². The van der Waals surface area contributed by atoms with E-state index in [4.69, 9.17) is 4.42 Å². The van der Waals surface area contributed by atoms with Gasteiger partial charge in [-0.1, -0.05) is 33.6 Å². The Morgan fingerprint density at radius 2 is 1.95 bits per heavy atom. The first-order chi connectivity index (χ1) is 9.25. The molecule has 0 radical (unpaired) electrons. The molecule has 1 saturated carbocycles. The Bertz CT molecular complexity index is 376. The summed E-state index contributed by atoms with van der Waals surface area (Å²) in [6.07, 6.45) is 8.84. The maximum Gasteiger partial charge on any atom is 0.121 e. The van der Waals surface area contributed by atoms with Crippen molar-refractivity contribution in [2.24, 2.45) is 5.41 Å². The average molecular weight is 263 g/mol. The Morgan fingerprint density at radius 3 is 2.47 bits per heavy atom. The van der Waals surface area contributed by atoms with Crippen LogP contribution in [0.4, 0.5) is 0 Å². The molecule has 2 rings (SSSR count). The van der Waals surface area contributed by atoms with E-state index in [9.17, 15) is 0 Å². The Kier molecular flexibility index (Phi) is 5.09. The van der Waals surface area contributed by atoms with E-state index in [1.165, 1.54) is 38.5 Å². The molecule has 0 amide bonds. The van der Waals surface area contributed by atoms with Crippen LogP contribution in [0.1, 0.15) is 76.9 Å². The van der Waals surface area contributed by atoms with E-state index in [0.29, 0.717) is 11.5 Å². The van der Waals surface area contributed by atoms with E-state index in [0.717, 1.165) is 24.5 Å². The summed E-state index contributed by atoms with van der Waals surface area (Å²) < 4.78 is 6.07. The molecule has 1 aromatic rings. The fourth-order valence-electron chi connectivity index (χ4n) is 3.57. The van der Waals surface area contributed by atoms with Gasteiger partial charge in [0, 0.05) is 6.42 Å². The molecule has 0 saturated heterocycles. The Labute approximate surface area is 118 Å². The van der Waals surface area contributed by atoms with Crippen molar-refractivity contribution in [2.45, 2.75) is 71.8 Å². The molecule has 1 fully saturated rings. The topological polar surface area (TPSA) is 25.2 Å². The van der Waals surface area contributed by atoms with E-state index >= 15 is 0 Å². The Balaban J connectivity index is 2.23. The SMILES string of the molecule is CCCNC(c1ccc(CC)o1)C1(CC)CCCC1. The Morgan fingerprint density at radius 1 is 1.21 bits per heavy atom. The summed E-state index contributed by atoms with van der Waals surface area (Å²) in [6, 6.07) is 4.75. The van der Waals surface area contributed by atoms with Crippen LogP contribution in [0.25, 0.3) is 0 Å². The van der Waals surface area contributed by atoms with Gasteiger partial charge in [0.1, 0.15) is 11.5 Å². The van der Waals surface area contributed by atoms with Gasteiger partial charge in [-0.3, -0.25) is 0 Å². The fraction of sp³-hybridized carbons (Fsp3) is 0.765. The van der Waals surface area contributed by atoms with Crippen molar-refractivity contribution < 1.29 is 4.42 Å². The molecule has 1 N–H and O–H groups in total. The third kappa shape index (κ3) is 3.05. The van der Waals surface area contributed by atoms with Gasteiger partial charge in [-0.05, 0) is 49.8 Å². The first-order valence-electron chi connectivity index (χ1n) is 8.07. The summed E-state index contributed by atoms with van der Waals surface area (Å²) in [4.78, 5) is 0. The zero-order valence-corrected chi connectivity index (χ0v) is 12.8. The van der Waals surface area contributed by atoms with Gasteiger partial charge >= 0.3 is 0 Å². The van der Waals surface area contributed by atoms with Gasteiger partial charge in [-0.2, -0.15) is 0 Å². The van der Waals surface area contributed by atoms with Crippen molar-refractivity contribution in [1.82, 2.24) is 5.32 Å². The molecule has 0 aliphatic heterocycles. The van der Waals surface area contributed by atoms with Crippen LogP contribution in [0.2, 0.25) is 0 Å². The van der Waals surface area contributed by atoms with E-state index in [2.05, 4.69) is 38.2 Å². The number of hydrogen-bond acceptors (Lipinski definition) is 2. The van der Waals surface area contributed by atoms with Crippen LogP contribution in [0, 0.1) is 5.41 Å². The van der Waals surface area contributed by atoms with Gasteiger partial charge in [0.05, 0.1) is 6.04 Å². The third-order valence-electron chi connectivity index (χ3n) is 4.83. The molecule has 1 aliphatic carbocycles.